The Balaban J connectivity index is 1.52. The van der Waals surface area contributed by atoms with Crippen LogP contribution in [0.15, 0.2) is 53.4 Å². The minimum atomic E-state index is -3.18. The van der Waals surface area contributed by atoms with Gasteiger partial charge in [0.05, 0.1) is 18.0 Å². The van der Waals surface area contributed by atoms with Crippen molar-refractivity contribution >= 4 is 15.6 Å². The van der Waals surface area contributed by atoms with Crippen LogP contribution >= 0.6 is 0 Å². The number of sulfone groups is 1. The van der Waals surface area contributed by atoms with Gasteiger partial charge in [-0.25, -0.2) is 8.42 Å². The number of carbonyl (C=O) groups excluding carboxylic acids is 1. The number of carbonyl (C=O) groups is 1. The third-order valence-electron chi connectivity index (χ3n) is 5.11. The maximum Gasteiger partial charge on any atom is 0.175 e. The molecule has 150 valence electrons. The smallest absolute Gasteiger partial charge is 0.175 e. The highest BCUT2D eigenvalue weighted by molar-refractivity contribution is 7.90. The Hall–Kier alpha value is -2.18. The lowest BCUT2D eigenvalue weighted by atomic mass is 9.97. The van der Waals surface area contributed by atoms with E-state index in [0.717, 1.165) is 42.8 Å². The van der Waals surface area contributed by atoms with E-state index in [1.54, 1.807) is 19.1 Å². The van der Waals surface area contributed by atoms with Gasteiger partial charge in [-0.05, 0) is 74.2 Å². The number of likely N-dealkylation sites (tertiary alicyclic amines) is 1. The van der Waals surface area contributed by atoms with E-state index in [4.69, 9.17) is 4.74 Å². The summed E-state index contributed by atoms with van der Waals surface area (Å²) in [5, 5.41) is 0. The first-order valence-corrected chi connectivity index (χ1v) is 11.5. The van der Waals surface area contributed by atoms with Crippen molar-refractivity contribution in [2.45, 2.75) is 24.7 Å². The molecule has 0 atom stereocenters. The molecule has 1 heterocycles. The molecule has 0 radical (unpaired) electrons. The molecule has 3 rings (SSSR count). The number of hydrogen-bond acceptors (Lipinski definition) is 5. The molecule has 0 bridgehead atoms. The van der Waals surface area contributed by atoms with Gasteiger partial charge in [0.15, 0.2) is 9.84 Å². The highest BCUT2D eigenvalue weighted by Gasteiger charge is 2.20. The molecule has 2 aromatic carbocycles. The van der Waals surface area contributed by atoms with Gasteiger partial charge >= 0.3 is 0 Å². The molecule has 2 aromatic rings. The Labute approximate surface area is 167 Å². The van der Waals surface area contributed by atoms with E-state index in [2.05, 4.69) is 4.90 Å². The SMILES string of the molecule is CC(=O)CN1CCC(COc2ccc(-c3ccc(S(C)(=O)=O)cc3)cc2)CC1. The zero-order valence-electron chi connectivity index (χ0n) is 16.4. The average Bonchev–Trinajstić information content (AvgIpc) is 2.67. The van der Waals surface area contributed by atoms with Crippen LogP contribution in [0.3, 0.4) is 0 Å². The van der Waals surface area contributed by atoms with Gasteiger partial charge in [0.1, 0.15) is 11.5 Å². The summed E-state index contributed by atoms with van der Waals surface area (Å²) in [5.41, 5.74) is 1.99. The molecule has 5 nitrogen and oxygen atoms in total. The first kappa shape index (κ1) is 20.6. The first-order chi connectivity index (χ1) is 13.3. The second kappa shape index (κ2) is 8.88. The minimum absolute atomic E-state index is 0.223. The molecule has 1 fully saturated rings. The molecule has 0 unspecified atom stereocenters. The summed E-state index contributed by atoms with van der Waals surface area (Å²) < 4.78 is 29.1. The summed E-state index contributed by atoms with van der Waals surface area (Å²) in [5.74, 6) is 1.58. The normalized spacial score (nSPS) is 16.1. The van der Waals surface area contributed by atoms with Gasteiger partial charge in [-0.1, -0.05) is 24.3 Å². The summed E-state index contributed by atoms with van der Waals surface area (Å²) >= 11 is 0. The predicted octanol–water partition coefficient (Wildman–Crippen LogP) is 3.44. The Bertz CT molecular complexity index is 897. The Morgan fingerprint density at radius 2 is 1.54 bits per heavy atom. The van der Waals surface area contributed by atoms with E-state index in [0.29, 0.717) is 24.0 Å². The van der Waals surface area contributed by atoms with Gasteiger partial charge in [0.25, 0.3) is 0 Å². The maximum absolute atomic E-state index is 11.6. The molecule has 1 saturated heterocycles. The molecule has 6 heteroatoms. The van der Waals surface area contributed by atoms with E-state index in [1.165, 1.54) is 6.26 Å². The van der Waals surface area contributed by atoms with E-state index in [-0.39, 0.29) is 5.78 Å². The van der Waals surface area contributed by atoms with Gasteiger partial charge in [0, 0.05) is 6.26 Å². The molecule has 0 aromatic heterocycles. The number of benzene rings is 2. The van der Waals surface area contributed by atoms with Crippen LogP contribution in [-0.2, 0) is 14.6 Å². The number of Topliss-reactive ketones (excluding diaryl/α,β-unsaturated/α-hetero) is 1. The summed E-state index contributed by atoms with van der Waals surface area (Å²) in [6.07, 6.45) is 3.32. The van der Waals surface area contributed by atoms with Crippen LogP contribution < -0.4 is 4.74 Å². The lowest BCUT2D eigenvalue weighted by Gasteiger charge is -2.31. The zero-order chi connectivity index (χ0) is 20.1. The zero-order valence-corrected chi connectivity index (χ0v) is 17.2. The maximum atomic E-state index is 11.6. The van der Waals surface area contributed by atoms with E-state index >= 15 is 0 Å². The molecule has 0 aliphatic carbocycles. The summed E-state index contributed by atoms with van der Waals surface area (Å²) in [6, 6.07) is 14.8. The van der Waals surface area contributed by atoms with Crippen LogP contribution in [0.2, 0.25) is 0 Å². The van der Waals surface area contributed by atoms with Crippen molar-refractivity contribution in [1.82, 2.24) is 4.90 Å². The van der Waals surface area contributed by atoms with E-state index < -0.39 is 9.84 Å². The fourth-order valence-electron chi connectivity index (χ4n) is 3.48. The Kier molecular flexibility index (Phi) is 6.52. The van der Waals surface area contributed by atoms with Crippen LogP contribution in [-0.4, -0.2) is 51.6 Å². The predicted molar refractivity (Wildman–Crippen MR) is 110 cm³/mol. The van der Waals surface area contributed by atoms with Crippen LogP contribution in [0, 0.1) is 5.92 Å². The molecule has 0 spiro atoms. The third kappa shape index (κ3) is 5.66. The number of hydrogen-bond donors (Lipinski definition) is 0. The van der Waals surface area contributed by atoms with E-state index in [1.807, 2.05) is 36.4 Å². The number of piperidine rings is 1. The third-order valence-corrected chi connectivity index (χ3v) is 6.24. The van der Waals surface area contributed by atoms with Gasteiger partial charge < -0.3 is 4.74 Å². The molecule has 0 amide bonds. The first-order valence-electron chi connectivity index (χ1n) is 9.56. The summed E-state index contributed by atoms with van der Waals surface area (Å²) in [6.45, 7) is 4.79. The molecular weight excluding hydrogens is 374 g/mol. The second-order valence-corrected chi connectivity index (χ2v) is 9.57. The Morgan fingerprint density at radius 1 is 1.00 bits per heavy atom. The van der Waals surface area contributed by atoms with E-state index in [9.17, 15) is 13.2 Å². The molecule has 1 aliphatic heterocycles. The molecular formula is C22H27NO4S. The summed E-state index contributed by atoms with van der Waals surface area (Å²) in [4.78, 5) is 13.7. The highest BCUT2D eigenvalue weighted by atomic mass is 32.2. The van der Waals surface area contributed by atoms with Gasteiger partial charge in [-0.3, -0.25) is 9.69 Å². The number of ether oxygens (including phenoxy) is 1. The molecule has 0 saturated carbocycles. The van der Waals surface area contributed by atoms with Gasteiger partial charge in [0.2, 0.25) is 0 Å². The molecule has 28 heavy (non-hydrogen) atoms. The standard InChI is InChI=1S/C22H27NO4S/c1-17(24)15-23-13-11-18(12-14-23)16-27-21-7-3-19(4-8-21)20-5-9-22(10-6-20)28(2,25)26/h3-10,18H,11-16H2,1-2H3. The van der Waals surface area contributed by atoms with Crippen LogP contribution in [0.25, 0.3) is 11.1 Å². The fraction of sp³-hybridized carbons (Fsp3) is 0.409. The van der Waals surface area contributed by atoms with Crippen molar-refractivity contribution in [3.63, 3.8) is 0 Å². The number of ketones is 1. The summed E-state index contributed by atoms with van der Waals surface area (Å²) in [7, 11) is -3.18. The number of rotatable bonds is 7. The topological polar surface area (TPSA) is 63.7 Å². The molecule has 0 N–H and O–H groups in total. The fourth-order valence-corrected chi connectivity index (χ4v) is 4.11. The van der Waals surface area contributed by atoms with Gasteiger partial charge in [-0.2, -0.15) is 0 Å². The monoisotopic (exact) mass is 401 g/mol. The van der Waals surface area contributed by atoms with Crippen molar-refractivity contribution in [3.05, 3.63) is 48.5 Å². The van der Waals surface area contributed by atoms with Gasteiger partial charge in [-0.15, -0.1) is 0 Å². The highest BCUT2D eigenvalue weighted by Crippen LogP contribution is 2.25. The van der Waals surface area contributed by atoms with Crippen molar-refractivity contribution in [2.75, 3.05) is 32.5 Å². The van der Waals surface area contributed by atoms with Crippen LogP contribution in [0.1, 0.15) is 19.8 Å². The molecule has 1 aliphatic rings. The number of nitrogens with zero attached hydrogens (tertiary/aromatic N) is 1. The quantitative estimate of drug-likeness (QED) is 0.711. The van der Waals surface area contributed by atoms with Crippen molar-refractivity contribution in [3.8, 4) is 16.9 Å². The lowest BCUT2D eigenvalue weighted by molar-refractivity contribution is -0.118. The van der Waals surface area contributed by atoms with Crippen molar-refractivity contribution in [1.29, 1.82) is 0 Å². The Morgan fingerprint density at radius 3 is 2.04 bits per heavy atom. The second-order valence-electron chi connectivity index (χ2n) is 7.55. The van der Waals surface area contributed by atoms with Crippen LogP contribution in [0.5, 0.6) is 5.75 Å². The lowest BCUT2D eigenvalue weighted by Crippen LogP contribution is -2.38. The minimum Gasteiger partial charge on any atom is -0.493 e. The van der Waals surface area contributed by atoms with Crippen molar-refractivity contribution < 1.29 is 17.9 Å². The largest absolute Gasteiger partial charge is 0.493 e. The van der Waals surface area contributed by atoms with Crippen molar-refractivity contribution in [2.24, 2.45) is 5.92 Å². The average molecular weight is 402 g/mol. The van der Waals surface area contributed by atoms with Crippen LogP contribution in [0.4, 0.5) is 0 Å².